The summed E-state index contributed by atoms with van der Waals surface area (Å²) in [6.07, 6.45) is 1.19. The van der Waals surface area contributed by atoms with E-state index in [1.807, 2.05) is 0 Å². The van der Waals surface area contributed by atoms with Crippen LogP contribution in [0.5, 0.6) is 0 Å². The van der Waals surface area contributed by atoms with E-state index in [9.17, 15) is 22.8 Å². The monoisotopic (exact) mass is 478 g/mol. The van der Waals surface area contributed by atoms with Gasteiger partial charge in [-0.3, -0.25) is 25.2 Å². The van der Waals surface area contributed by atoms with Gasteiger partial charge in [0.2, 0.25) is 10.0 Å². The van der Waals surface area contributed by atoms with E-state index in [1.165, 1.54) is 44.8 Å². The van der Waals surface area contributed by atoms with Crippen LogP contribution in [-0.2, 0) is 14.8 Å². The molecule has 1 atom stereocenters. The first kappa shape index (κ1) is 23.9. The number of hydrogen-bond donors (Lipinski definition) is 2. The quantitative estimate of drug-likeness (QED) is 0.589. The summed E-state index contributed by atoms with van der Waals surface area (Å²) in [5.41, 5.74) is 4.78. The maximum absolute atomic E-state index is 12.7. The van der Waals surface area contributed by atoms with Gasteiger partial charge in [0, 0.05) is 25.2 Å². The van der Waals surface area contributed by atoms with Crippen molar-refractivity contribution < 1.29 is 22.8 Å². The second kappa shape index (κ2) is 10.2. The highest BCUT2D eigenvalue weighted by atomic mass is 32.2. The molecule has 11 heteroatoms. The van der Waals surface area contributed by atoms with Crippen LogP contribution in [0.15, 0.2) is 46.7 Å². The zero-order chi connectivity index (χ0) is 23.3. The first-order valence-corrected chi connectivity index (χ1v) is 12.7. The number of benzene rings is 1. The van der Waals surface area contributed by atoms with Crippen LogP contribution < -0.4 is 10.9 Å². The van der Waals surface area contributed by atoms with Crippen LogP contribution in [0.2, 0.25) is 0 Å². The van der Waals surface area contributed by atoms with Gasteiger partial charge < -0.3 is 4.90 Å². The topological polar surface area (TPSA) is 116 Å². The Kier molecular flexibility index (Phi) is 7.64. The second-order valence-corrected chi connectivity index (χ2v) is 10.1. The molecule has 1 aromatic heterocycles. The zero-order valence-electron chi connectivity index (χ0n) is 17.9. The largest absolute Gasteiger partial charge is 0.326 e. The molecule has 0 bridgehead atoms. The van der Waals surface area contributed by atoms with Crippen LogP contribution in [0.25, 0.3) is 0 Å². The van der Waals surface area contributed by atoms with Crippen molar-refractivity contribution in [1.29, 1.82) is 0 Å². The van der Waals surface area contributed by atoms with Gasteiger partial charge in [-0.15, -0.1) is 11.3 Å². The summed E-state index contributed by atoms with van der Waals surface area (Å²) in [4.78, 5) is 39.9. The molecule has 0 aliphatic carbocycles. The van der Waals surface area contributed by atoms with E-state index >= 15 is 0 Å². The van der Waals surface area contributed by atoms with Crippen LogP contribution in [0.4, 0.5) is 0 Å². The van der Waals surface area contributed by atoms with Crippen molar-refractivity contribution in [2.75, 3.05) is 19.6 Å². The average molecular weight is 479 g/mol. The number of carbonyl (C=O) groups excluding carboxylic acids is 3. The summed E-state index contributed by atoms with van der Waals surface area (Å²) >= 11 is 1.31. The van der Waals surface area contributed by atoms with E-state index < -0.39 is 27.9 Å². The van der Waals surface area contributed by atoms with Gasteiger partial charge in [-0.25, -0.2) is 8.42 Å². The zero-order valence-corrected chi connectivity index (χ0v) is 19.5. The van der Waals surface area contributed by atoms with Gasteiger partial charge in [0.15, 0.2) is 0 Å². The minimum Gasteiger partial charge on any atom is -0.326 e. The molecule has 1 fully saturated rings. The fourth-order valence-electron chi connectivity index (χ4n) is 3.61. The molecule has 1 saturated heterocycles. The number of amides is 3. The fraction of sp³-hybridized carbons (Fsp3) is 0.381. The molecule has 0 radical (unpaired) electrons. The lowest BCUT2D eigenvalue weighted by atomic mass is 10.2. The van der Waals surface area contributed by atoms with Crippen LogP contribution in [0.3, 0.4) is 0 Å². The van der Waals surface area contributed by atoms with Gasteiger partial charge in [0.25, 0.3) is 17.7 Å². The third-order valence-electron chi connectivity index (χ3n) is 5.29. The van der Waals surface area contributed by atoms with Crippen molar-refractivity contribution in [2.24, 2.45) is 0 Å². The van der Waals surface area contributed by atoms with E-state index in [2.05, 4.69) is 10.9 Å². The fourth-order valence-corrected chi connectivity index (χ4v) is 5.79. The summed E-state index contributed by atoms with van der Waals surface area (Å²) in [5.74, 6) is -1.35. The van der Waals surface area contributed by atoms with E-state index in [1.54, 1.807) is 31.4 Å². The van der Waals surface area contributed by atoms with Crippen molar-refractivity contribution in [1.82, 2.24) is 20.1 Å². The summed E-state index contributed by atoms with van der Waals surface area (Å²) in [6, 6.07) is 8.45. The first-order chi connectivity index (χ1) is 15.3. The molecule has 1 aliphatic rings. The van der Waals surface area contributed by atoms with Crippen molar-refractivity contribution in [3.8, 4) is 0 Å². The van der Waals surface area contributed by atoms with E-state index in [0.29, 0.717) is 37.4 Å². The smallest absolute Gasteiger partial charge is 0.269 e. The molecule has 9 nitrogen and oxygen atoms in total. The summed E-state index contributed by atoms with van der Waals surface area (Å²) in [5, 5.41) is 1.80. The molecule has 1 aromatic carbocycles. The molecular weight excluding hydrogens is 452 g/mol. The highest BCUT2D eigenvalue weighted by Crippen LogP contribution is 2.22. The SMILES string of the molecule is CCN(CC)S(=O)(=O)c1cccc(C(=O)NNC(=O)[C@@H]2CCCN2C(=O)c2cccs2)c1. The minimum atomic E-state index is -3.72. The first-order valence-electron chi connectivity index (χ1n) is 10.3. The Bertz CT molecular complexity index is 1080. The predicted octanol–water partition coefficient (Wildman–Crippen LogP) is 1.84. The average Bonchev–Trinajstić information content (AvgIpc) is 3.50. The standard InChI is InChI=1S/C21H26N4O5S2/c1-3-24(4-2)32(29,30)16-9-5-8-15(14-16)19(26)22-23-20(27)17-10-6-12-25(17)21(28)18-11-7-13-31-18/h5,7-9,11,13-14,17H,3-4,6,10,12H2,1-2H3,(H,22,26)(H,23,27)/t17-/m0/s1. The Labute approximate surface area is 191 Å². The number of nitrogens with one attached hydrogen (secondary N) is 2. The number of sulfonamides is 1. The normalized spacial score (nSPS) is 16.2. The highest BCUT2D eigenvalue weighted by molar-refractivity contribution is 7.89. The van der Waals surface area contributed by atoms with Crippen LogP contribution >= 0.6 is 11.3 Å². The van der Waals surface area contributed by atoms with Gasteiger partial charge >= 0.3 is 0 Å². The van der Waals surface area contributed by atoms with Crippen molar-refractivity contribution in [3.05, 3.63) is 52.2 Å². The summed E-state index contributed by atoms with van der Waals surface area (Å²) in [7, 11) is -3.72. The summed E-state index contributed by atoms with van der Waals surface area (Å²) in [6.45, 7) is 4.57. The molecule has 0 saturated carbocycles. The van der Waals surface area contributed by atoms with Crippen molar-refractivity contribution >= 4 is 39.1 Å². The maximum atomic E-state index is 12.7. The Morgan fingerprint density at radius 1 is 1.12 bits per heavy atom. The molecule has 2 heterocycles. The molecule has 2 N–H and O–H groups in total. The lowest BCUT2D eigenvalue weighted by molar-refractivity contribution is -0.125. The molecule has 3 amide bonds. The Hall–Kier alpha value is -2.76. The molecule has 1 aliphatic heterocycles. The Morgan fingerprint density at radius 3 is 2.53 bits per heavy atom. The third-order valence-corrected chi connectivity index (χ3v) is 8.19. The number of thiophene rings is 1. The molecule has 3 rings (SSSR count). The van der Waals surface area contributed by atoms with Gasteiger partial charge in [-0.1, -0.05) is 26.0 Å². The Balaban J connectivity index is 1.65. The van der Waals surface area contributed by atoms with Gasteiger partial charge in [-0.2, -0.15) is 4.31 Å². The molecule has 2 aromatic rings. The lowest BCUT2D eigenvalue weighted by Crippen LogP contribution is -2.51. The highest BCUT2D eigenvalue weighted by Gasteiger charge is 2.35. The molecule has 0 spiro atoms. The number of nitrogens with zero attached hydrogens (tertiary/aromatic N) is 2. The van der Waals surface area contributed by atoms with Crippen LogP contribution in [-0.4, -0.2) is 61.0 Å². The van der Waals surface area contributed by atoms with Crippen molar-refractivity contribution in [2.45, 2.75) is 37.6 Å². The van der Waals surface area contributed by atoms with E-state index in [-0.39, 0.29) is 16.4 Å². The molecule has 32 heavy (non-hydrogen) atoms. The number of rotatable bonds is 7. The lowest BCUT2D eigenvalue weighted by Gasteiger charge is -2.23. The number of hydrogen-bond acceptors (Lipinski definition) is 6. The Morgan fingerprint density at radius 2 is 1.88 bits per heavy atom. The molecule has 0 unspecified atom stereocenters. The third kappa shape index (κ3) is 5.00. The van der Waals surface area contributed by atoms with Gasteiger partial charge in [0.1, 0.15) is 6.04 Å². The number of carbonyl (C=O) groups is 3. The maximum Gasteiger partial charge on any atom is 0.269 e. The molecular formula is C21H26N4O5S2. The molecule has 172 valence electrons. The number of likely N-dealkylation sites (tertiary alicyclic amines) is 1. The van der Waals surface area contributed by atoms with Crippen LogP contribution in [0, 0.1) is 0 Å². The van der Waals surface area contributed by atoms with Gasteiger partial charge in [-0.05, 0) is 42.5 Å². The van der Waals surface area contributed by atoms with Crippen molar-refractivity contribution in [3.63, 3.8) is 0 Å². The van der Waals surface area contributed by atoms with E-state index in [0.717, 1.165) is 0 Å². The predicted molar refractivity (Wildman–Crippen MR) is 121 cm³/mol. The number of hydrazine groups is 1. The van der Waals surface area contributed by atoms with Gasteiger partial charge in [0.05, 0.1) is 9.77 Å². The van der Waals surface area contributed by atoms with E-state index in [4.69, 9.17) is 0 Å². The van der Waals surface area contributed by atoms with Crippen LogP contribution in [0.1, 0.15) is 46.7 Å². The second-order valence-electron chi connectivity index (χ2n) is 7.19. The minimum absolute atomic E-state index is 0.00342. The summed E-state index contributed by atoms with van der Waals surface area (Å²) < 4.78 is 26.7.